The Balaban J connectivity index is 2.15. The summed E-state index contributed by atoms with van der Waals surface area (Å²) in [7, 11) is 1.75. The van der Waals surface area contributed by atoms with Crippen molar-refractivity contribution in [2.24, 2.45) is 12.8 Å². The van der Waals surface area contributed by atoms with Gasteiger partial charge in [-0.15, -0.1) is 0 Å². The number of aromatic nitrogens is 2. The second-order valence-corrected chi connectivity index (χ2v) is 5.15. The lowest BCUT2D eigenvalue weighted by Gasteiger charge is -2.20. The highest BCUT2D eigenvalue weighted by Crippen LogP contribution is 2.33. The van der Waals surface area contributed by atoms with E-state index in [0.29, 0.717) is 36.5 Å². The standard InChI is InChI=1S/C13H14F3N3O/c1-19-10-3-2-8(13(14,15)16)6-9(10)18-11(19)12(17)4-5-20-7-12/h2-3,6H,4-5,7,17H2,1H3. The van der Waals surface area contributed by atoms with E-state index in [4.69, 9.17) is 10.5 Å². The van der Waals surface area contributed by atoms with Gasteiger partial charge in [-0.1, -0.05) is 0 Å². The van der Waals surface area contributed by atoms with Crippen molar-refractivity contribution in [3.63, 3.8) is 0 Å². The minimum Gasteiger partial charge on any atom is -0.379 e. The molecule has 2 N–H and O–H groups in total. The number of aryl methyl sites for hydroxylation is 1. The molecule has 0 saturated carbocycles. The minimum absolute atomic E-state index is 0.300. The Bertz CT molecular complexity index is 657. The summed E-state index contributed by atoms with van der Waals surface area (Å²) in [5.74, 6) is 0.560. The van der Waals surface area contributed by atoms with Crippen molar-refractivity contribution in [2.75, 3.05) is 13.2 Å². The molecule has 1 aromatic carbocycles. The van der Waals surface area contributed by atoms with Crippen LogP contribution >= 0.6 is 0 Å². The number of nitrogens with zero attached hydrogens (tertiary/aromatic N) is 2. The fourth-order valence-electron chi connectivity index (χ4n) is 2.58. The number of ether oxygens (including phenoxy) is 1. The van der Waals surface area contributed by atoms with E-state index in [0.717, 1.165) is 12.1 Å². The van der Waals surface area contributed by atoms with Gasteiger partial charge in [-0.05, 0) is 24.6 Å². The van der Waals surface area contributed by atoms with Gasteiger partial charge in [-0.25, -0.2) is 4.98 Å². The molecule has 0 bridgehead atoms. The summed E-state index contributed by atoms with van der Waals surface area (Å²) in [5.41, 5.74) is 5.73. The molecule has 0 spiro atoms. The SMILES string of the molecule is Cn1c(C2(N)CCOC2)nc2cc(C(F)(F)F)ccc21. The van der Waals surface area contributed by atoms with Crippen LogP contribution in [-0.2, 0) is 23.5 Å². The molecule has 1 unspecified atom stereocenters. The van der Waals surface area contributed by atoms with Gasteiger partial charge >= 0.3 is 6.18 Å². The lowest BCUT2D eigenvalue weighted by Crippen LogP contribution is -2.39. The zero-order valence-electron chi connectivity index (χ0n) is 10.9. The van der Waals surface area contributed by atoms with Gasteiger partial charge in [0.1, 0.15) is 11.4 Å². The maximum Gasteiger partial charge on any atom is 0.416 e. The molecule has 2 heterocycles. The van der Waals surface area contributed by atoms with Crippen LogP contribution in [0.1, 0.15) is 17.8 Å². The summed E-state index contributed by atoms with van der Waals surface area (Å²) in [4.78, 5) is 4.30. The first-order chi connectivity index (χ1) is 9.31. The van der Waals surface area contributed by atoms with Crippen molar-refractivity contribution in [1.29, 1.82) is 0 Å². The Labute approximate surface area is 113 Å². The monoisotopic (exact) mass is 285 g/mol. The molecule has 20 heavy (non-hydrogen) atoms. The first-order valence-electron chi connectivity index (χ1n) is 6.22. The fraction of sp³-hybridized carbons (Fsp3) is 0.462. The maximum absolute atomic E-state index is 12.7. The summed E-state index contributed by atoms with van der Waals surface area (Å²) in [6.07, 6.45) is -3.76. The third-order valence-corrected chi connectivity index (χ3v) is 3.71. The van der Waals surface area contributed by atoms with Crippen LogP contribution in [0.5, 0.6) is 0 Å². The van der Waals surface area contributed by atoms with Crippen molar-refractivity contribution in [1.82, 2.24) is 9.55 Å². The quantitative estimate of drug-likeness (QED) is 0.873. The number of alkyl halides is 3. The van der Waals surface area contributed by atoms with Crippen molar-refractivity contribution in [3.05, 3.63) is 29.6 Å². The van der Waals surface area contributed by atoms with Crippen molar-refractivity contribution >= 4 is 11.0 Å². The number of hydrogen-bond acceptors (Lipinski definition) is 3. The van der Waals surface area contributed by atoms with E-state index in [1.54, 1.807) is 11.6 Å². The van der Waals surface area contributed by atoms with Gasteiger partial charge in [-0.3, -0.25) is 0 Å². The van der Waals surface area contributed by atoms with Gasteiger partial charge in [0.2, 0.25) is 0 Å². The fourth-order valence-corrected chi connectivity index (χ4v) is 2.58. The number of fused-ring (bicyclic) bond motifs is 1. The molecule has 1 aliphatic heterocycles. The number of benzene rings is 1. The molecular weight excluding hydrogens is 271 g/mol. The molecule has 108 valence electrons. The van der Waals surface area contributed by atoms with Crippen LogP contribution in [0.25, 0.3) is 11.0 Å². The second-order valence-electron chi connectivity index (χ2n) is 5.15. The molecule has 3 rings (SSSR count). The molecule has 0 aliphatic carbocycles. The van der Waals surface area contributed by atoms with Crippen LogP contribution in [0.15, 0.2) is 18.2 Å². The van der Waals surface area contributed by atoms with E-state index in [1.165, 1.54) is 6.07 Å². The Morgan fingerprint density at radius 2 is 2.15 bits per heavy atom. The molecule has 7 heteroatoms. The van der Waals surface area contributed by atoms with Crippen LogP contribution in [-0.4, -0.2) is 22.8 Å². The highest BCUT2D eigenvalue weighted by molar-refractivity contribution is 5.77. The van der Waals surface area contributed by atoms with E-state index >= 15 is 0 Å². The first-order valence-corrected chi connectivity index (χ1v) is 6.22. The predicted octanol–water partition coefficient (Wildman–Crippen LogP) is 2.17. The molecule has 2 aromatic rings. The Morgan fingerprint density at radius 1 is 1.40 bits per heavy atom. The zero-order chi connectivity index (χ0) is 14.5. The summed E-state index contributed by atoms with van der Waals surface area (Å²) in [5, 5.41) is 0. The van der Waals surface area contributed by atoms with Crippen LogP contribution in [0, 0.1) is 0 Å². The average molecular weight is 285 g/mol. The molecular formula is C13H14F3N3O. The molecule has 4 nitrogen and oxygen atoms in total. The molecule has 1 saturated heterocycles. The summed E-state index contributed by atoms with van der Waals surface area (Å²) < 4.78 is 45.2. The highest BCUT2D eigenvalue weighted by Gasteiger charge is 2.37. The molecule has 1 atom stereocenters. The molecule has 1 aliphatic rings. The Kier molecular flexibility index (Phi) is 2.81. The molecule has 0 radical (unpaired) electrons. The van der Waals surface area contributed by atoms with Crippen LogP contribution in [0.3, 0.4) is 0 Å². The normalized spacial score (nSPS) is 23.6. The summed E-state index contributed by atoms with van der Waals surface area (Å²) in [6, 6.07) is 3.54. The topological polar surface area (TPSA) is 53.1 Å². The van der Waals surface area contributed by atoms with Crippen LogP contribution in [0.2, 0.25) is 0 Å². The van der Waals surface area contributed by atoms with Gasteiger partial charge in [0.15, 0.2) is 0 Å². The lowest BCUT2D eigenvalue weighted by atomic mass is 9.99. The number of hydrogen-bond donors (Lipinski definition) is 1. The van der Waals surface area contributed by atoms with Crippen LogP contribution < -0.4 is 5.73 Å². The third-order valence-electron chi connectivity index (χ3n) is 3.71. The van der Waals surface area contributed by atoms with E-state index in [2.05, 4.69) is 4.98 Å². The van der Waals surface area contributed by atoms with Crippen LogP contribution in [0.4, 0.5) is 13.2 Å². The lowest BCUT2D eigenvalue weighted by molar-refractivity contribution is -0.137. The molecule has 1 aromatic heterocycles. The van der Waals surface area contributed by atoms with Gasteiger partial charge in [0.05, 0.1) is 23.2 Å². The van der Waals surface area contributed by atoms with Crippen molar-refractivity contribution in [3.8, 4) is 0 Å². The third kappa shape index (κ3) is 1.97. The first kappa shape index (κ1) is 13.4. The minimum atomic E-state index is -4.37. The van der Waals surface area contributed by atoms with Crippen molar-refractivity contribution in [2.45, 2.75) is 18.1 Å². The average Bonchev–Trinajstić information content (AvgIpc) is 2.94. The number of rotatable bonds is 1. The molecule has 0 amide bonds. The van der Waals surface area contributed by atoms with Gasteiger partial charge in [0, 0.05) is 13.7 Å². The summed E-state index contributed by atoms with van der Waals surface area (Å²) >= 11 is 0. The largest absolute Gasteiger partial charge is 0.416 e. The Hall–Kier alpha value is -1.60. The number of nitrogens with two attached hydrogens (primary N) is 1. The summed E-state index contributed by atoms with van der Waals surface area (Å²) in [6.45, 7) is 0.865. The van der Waals surface area contributed by atoms with E-state index in [9.17, 15) is 13.2 Å². The van der Waals surface area contributed by atoms with Gasteiger partial charge < -0.3 is 15.0 Å². The number of imidazole rings is 1. The smallest absolute Gasteiger partial charge is 0.379 e. The highest BCUT2D eigenvalue weighted by atomic mass is 19.4. The van der Waals surface area contributed by atoms with E-state index < -0.39 is 17.3 Å². The maximum atomic E-state index is 12.7. The predicted molar refractivity (Wildman–Crippen MR) is 67.0 cm³/mol. The van der Waals surface area contributed by atoms with Gasteiger partial charge in [-0.2, -0.15) is 13.2 Å². The van der Waals surface area contributed by atoms with E-state index in [-0.39, 0.29) is 0 Å². The second kappa shape index (κ2) is 4.20. The van der Waals surface area contributed by atoms with E-state index in [1.807, 2.05) is 0 Å². The molecule has 1 fully saturated rings. The zero-order valence-corrected chi connectivity index (χ0v) is 10.9. The number of halogens is 3. The van der Waals surface area contributed by atoms with Gasteiger partial charge in [0.25, 0.3) is 0 Å². The Morgan fingerprint density at radius 3 is 2.75 bits per heavy atom. The van der Waals surface area contributed by atoms with Crippen molar-refractivity contribution < 1.29 is 17.9 Å².